The first-order valence-corrected chi connectivity index (χ1v) is 6.02. The molecule has 2 N–H and O–H groups in total. The van der Waals surface area contributed by atoms with Crippen LogP contribution in [-0.4, -0.2) is 48.7 Å². The number of nitrogens with one attached hydrogen (secondary N) is 1. The van der Waals surface area contributed by atoms with Crippen LogP contribution in [-0.2, 0) is 4.79 Å². The number of likely N-dealkylation sites (tertiary alicyclic amines) is 1. The highest BCUT2D eigenvalue weighted by molar-refractivity contribution is 5.94. The second-order valence-electron chi connectivity index (χ2n) is 4.75. The van der Waals surface area contributed by atoms with Gasteiger partial charge in [-0.25, -0.2) is 0 Å². The Kier molecular flexibility index (Phi) is 3.61. The molecule has 0 radical (unpaired) electrons. The molecule has 0 bridgehead atoms. The number of aliphatic hydroxyl groups excluding tert-OH is 1. The summed E-state index contributed by atoms with van der Waals surface area (Å²) in [4.78, 5) is 14.0. The Bertz CT molecular complexity index is 306. The predicted molar refractivity (Wildman–Crippen MR) is 62.0 cm³/mol. The van der Waals surface area contributed by atoms with E-state index in [1.54, 1.807) is 0 Å². The normalized spacial score (nSPS) is 24.5. The lowest BCUT2D eigenvalue weighted by Crippen LogP contribution is -2.38. The third-order valence-electron chi connectivity index (χ3n) is 3.64. The summed E-state index contributed by atoms with van der Waals surface area (Å²) in [5.74, 6) is 0.684. The second kappa shape index (κ2) is 4.97. The van der Waals surface area contributed by atoms with Gasteiger partial charge in [0.05, 0.1) is 0 Å². The average molecular weight is 224 g/mol. The number of hydrogen-bond donors (Lipinski definition) is 2. The van der Waals surface area contributed by atoms with E-state index in [0.29, 0.717) is 5.92 Å². The Morgan fingerprint density at radius 3 is 2.88 bits per heavy atom. The average Bonchev–Trinajstić information content (AvgIpc) is 2.63. The van der Waals surface area contributed by atoms with Crippen LogP contribution in [0.2, 0.25) is 0 Å². The lowest BCUT2D eigenvalue weighted by molar-refractivity contribution is -0.126. The maximum atomic E-state index is 12.1. The minimum atomic E-state index is 0.192. The fourth-order valence-corrected chi connectivity index (χ4v) is 2.34. The molecular weight excluding hydrogens is 204 g/mol. The van der Waals surface area contributed by atoms with Gasteiger partial charge in [-0.1, -0.05) is 0 Å². The molecule has 2 rings (SSSR count). The van der Waals surface area contributed by atoms with E-state index in [0.717, 1.165) is 44.6 Å². The maximum Gasteiger partial charge on any atom is 0.249 e. The van der Waals surface area contributed by atoms with E-state index in [9.17, 15) is 4.79 Å². The quantitative estimate of drug-likeness (QED) is 0.670. The monoisotopic (exact) mass is 224 g/mol. The van der Waals surface area contributed by atoms with Gasteiger partial charge in [0.25, 0.3) is 0 Å². The highest BCUT2D eigenvalue weighted by Crippen LogP contribution is 2.22. The Morgan fingerprint density at radius 1 is 1.56 bits per heavy atom. The van der Waals surface area contributed by atoms with Crippen LogP contribution in [0.25, 0.3) is 0 Å². The summed E-state index contributed by atoms with van der Waals surface area (Å²) in [6, 6.07) is 0. The summed E-state index contributed by atoms with van der Waals surface area (Å²) in [6.45, 7) is 5.56. The van der Waals surface area contributed by atoms with Gasteiger partial charge < -0.3 is 15.3 Å². The molecule has 1 unspecified atom stereocenters. The molecule has 0 saturated carbocycles. The molecule has 4 heteroatoms. The van der Waals surface area contributed by atoms with Gasteiger partial charge in [0.15, 0.2) is 0 Å². The molecule has 90 valence electrons. The highest BCUT2D eigenvalue weighted by Gasteiger charge is 2.28. The van der Waals surface area contributed by atoms with Crippen LogP contribution >= 0.6 is 0 Å². The van der Waals surface area contributed by atoms with E-state index in [2.05, 4.69) is 5.32 Å². The van der Waals surface area contributed by atoms with Gasteiger partial charge in [0.1, 0.15) is 0 Å². The fourth-order valence-electron chi connectivity index (χ4n) is 2.34. The standard InChI is InChI=1S/C12H20N2O2/c1-9(11-6-13-7-11)12(16)14-4-2-10(8-14)3-5-15/h10,13,15H,2-8H2,1H3. The van der Waals surface area contributed by atoms with Crippen molar-refractivity contribution in [2.75, 3.05) is 32.8 Å². The second-order valence-corrected chi connectivity index (χ2v) is 4.75. The molecule has 1 amide bonds. The smallest absolute Gasteiger partial charge is 0.249 e. The topological polar surface area (TPSA) is 52.6 Å². The summed E-state index contributed by atoms with van der Waals surface area (Å²) in [5, 5.41) is 12.0. The third-order valence-corrected chi connectivity index (χ3v) is 3.64. The molecule has 1 atom stereocenters. The van der Waals surface area contributed by atoms with Crippen molar-refractivity contribution in [1.29, 1.82) is 0 Å². The lowest BCUT2D eigenvalue weighted by Gasteiger charge is -2.24. The van der Waals surface area contributed by atoms with Gasteiger partial charge in [-0.2, -0.15) is 0 Å². The Balaban J connectivity index is 1.91. The van der Waals surface area contributed by atoms with Crippen LogP contribution in [0.5, 0.6) is 0 Å². The first-order chi connectivity index (χ1) is 7.72. The number of rotatable bonds is 3. The van der Waals surface area contributed by atoms with Crippen molar-refractivity contribution < 1.29 is 9.90 Å². The number of hydrogen-bond acceptors (Lipinski definition) is 3. The van der Waals surface area contributed by atoms with Crippen LogP contribution in [0, 0.1) is 5.92 Å². The van der Waals surface area contributed by atoms with Crippen LogP contribution in [0.1, 0.15) is 19.8 Å². The van der Waals surface area contributed by atoms with Gasteiger partial charge in [0.2, 0.25) is 5.91 Å². The summed E-state index contributed by atoms with van der Waals surface area (Å²) < 4.78 is 0. The molecular formula is C12H20N2O2. The minimum Gasteiger partial charge on any atom is -0.396 e. The van der Waals surface area contributed by atoms with Gasteiger partial charge in [-0.15, -0.1) is 0 Å². The van der Waals surface area contributed by atoms with E-state index in [-0.39, 0.29) is 12.5 Å². The first kappa shape index (κ1) is 11.6. The molecule has 2 aliphatic rings. The molecule has 0 aromatic rings. The van der Waals surface area contributed by atoms with Gasteiger partial charge >= 0.3 is 0 Å². The summed E-state index contributed by atoms with van der Waals surface area (Å²) in [7, 11) is 0. The number of carbonyl (C=O) groups is 1. The minimum absolute atomic E-state index is 0.192. The van der Waals surface area contributed by atoms with Crippen molar-refractivity contribution in [2.24, 2.45) is 5.92 Å². The zero-order chi connectivity index (χ0) is 11.5. The van der Waals surface area contributed by atoms with Crippen molar-refractivity contribution in [3.63, 3.8) is 0 Å². The van der Waals surface area contributed by atoms with Crippen LogP contribution in [0.3, 0.4) is 0 Å². The molecule has 2 saturated heterocycles. The lowest BCUT2D eigenvalue weighted by atomic mass is 10.0. The van der Waals surface area contributed by atoms with Gasteiger partial charge in [0, 0.05) is 38.4 Å². The molecule has 2 heterocycles. The van der Waals surface area contributed by atoms with Crippen molar-refractivity contribution in [3.05, 3.63) is 11.1 Å². The zero-order valence-electron chi connectivity index (χ0n) is 9.83. The molecule has 0 aromatic carbocycles. The SMILES string of the molecule is CC(C(=O)N1CCC(CCO)C1)=C1CNC1. The molecule has 2 aliphatic heterocycles. The summed E-state index contributed by atoms with van der Waals surface area (Å²) in [5.41, 5.74) is 2.17. The maximum absolute atomic E-state index is 12.1. The van der Waals surface area contributed by atoms with E-state index in [1.807, 2.05) is 11.8 Å². The molecule has 0 aliphatic carbocycles. The predicted octanol–water partition coefficient (Wildman–Crippen LogP) is 0.137. The molecule has 16 heavy (non-hydrogen) atoms. The Hall–Kier alpha value is -0.870. The van der Waals surface area contributed by atoms with E-state index >= 15 is 0 Å². The number of amides is 1. The number of carbonyl (C=O) groups excluding carboxylic acids is 1. The highest BCUT2D eigenvalue weighted by atomic mass is 16.3. The van der Waals surface area contributed by atoms with Crippen molar-refractivity contribution >= 4 is 5.91 Å². The van der Waals surface area contributed by atoms with E-state index in [1.165, 1.54) is 5.57 Å². The van der Waals surface area contributed by atoms with Gasteiger partial charge in [-0.05, 0) is 31.3 Å². The van der Waals surface area contributed by atoms with Crippen LogP contribution in [0.15, 0.2) is 11.1 Å². The summed E-state index contributed by atoms with van der Waals surface area (Å²) in [6.07, 6.45) is 1.86. The summed E-state index contributed by atoms with van der Waals surface area (Å²) >= 11 is 0. The molecule has 0 spiro atoms. The van der Waals surface area contributed by atoms with Gasteiger partial charge in [-0.3, -0.25) is 4.79 Å². The van der Waals surface area contributed by atoms with Crippen LogP contribution < -0.4 is 5.32 Å². The number of nitrogens with zero attached hydrogens (tertiary/aromatic N) is 1. The Labute approximate surface area is 96.3 Å². The largest absolute Gasteiger partial charge is 0.396 e. The van der Waals surface area contributed by atoms with Crippen molar-refractivity contribution in [2.45, 2.75) is 19.8 Å². The van der Waals surface area contributed by atoms with Crippen molar-refractivity contribution in [1.82, 2.24) is 10.2 Å². The number of aliphatic hydroxyl groups is 1. The zero-order valence-corrected chi connectivity index (χ0v) is 9.83. The van der Waals surface area contributed by atoms with E-state index < -0.39 is 0 Å². The fraction of sp³-hybridized carbons (Fsp3) is 0.750. The molecule has 2 fully saturated rings. The molecule has 0 aromatic heterocycles. The molecule has 4 nitrogen and oxygen atoms in total. The third kappa shape index (κ3) is 2.28. The van der Waals surface area contributed by atoms with E-state index in [4.69, 9.17) is 5.11 Å². The van der Waals surface area contributed by atoms with Crippen LogP contribution in [0.4, 0.5) is 0 Å². The first-order valence-electron chi connectivity index (χ1n) is 6.02. The van der Waals surface area contributed by atoms with Crippen molar-refractivity contribution in [3.8, 4) is 0 Å². The Morgan fingerprint density at radius 2 is 2.31 bits per heavy atom.